The van der Waals surface area contributed by atoms with Gasteiger partial charge in [0, 0.05) is 16.5 Å². The van der Waals surface area contributed by atoms with Gasteiger partial charge in [0.25, 0.3) is 5.91 Å². The van der Waals surface area contributed by atoms with Gasteiger partial charge in [-0.3, -0.25) is 9.79 Å². The zero-order valence-corrected chi connectivity index (χ0v) is 17.4. The van der Waals surface area contributed by atoms with Crippen LogP contribution in [0.3, 0.4) is 0 Å². The van der Waals surface area contributed by atoms with Gasteiger partial charge in [0.1, 0.15) is 12.4 Å². The smallest absolute Gasteiger partial charge is 0.259 e. The van der Waals surface area contributed by atoms with Gasteiger partial charge in [-0.05, 0) is 42.0 Å². The molecule has 1 amide bonds. The van der Waals surface area contributed by atoms with Crippen molar-refractivity contribution in [2.24, 2.45) is 4.99 Å². The van der Waals surface area contributed by atoms with Crippen molar-refractivity contribution in [3.8, 4) is 5.75 Å². The number of benzene rings is 3. The number of carbonyl (C=O) groups excluding carboxylic acids is 1. The Labute approximate surface area is 184 Å². The molecule has 31 heavy (non-hydrogen) atoms. The number of nitrogens with zero attached hydrogens (tertiary/aromatic N) is 2. The van der Waals surface area contributed by atoms with E-state index in [-0.39, 0.29) is 5.91 Å². The Hall–Kier alpha value is -3.64. The second-order valence-electron chi connectivity index (χ2n) is 7.09. The lowest BCUT2D eigenvalue weighted by atomic mass is 10.2. The molecular formula is C25H19N3O2S. The predicted octanol–water partition coefficient (Wildman–Crippen LogP) is 5.30. The van der Waals surface area contributed by atoms with Crippen molar-refractivity contribution in [1.82, 2.24) is 4.98 Å². The molecule has 4 aromatic rings. The summed E-state index contributed by atoms with van der Waals surface area (Å²) in [6, 6.07) is 27.4. The largest absolute Gasteiger partial charge is 0.487 e. The molecule has 1 aromatic heterocycles. The highest BCUT2D eigenvalue weighted by Crippen LogP contribution is 2.35. The van der Waals surface area contributed by atoms with Crippen molar-refractivity contribution in [3.05, 3.63) is 96.2 Å². The Morgan fingerprint density at radius 1 is 1.00 bits per heavy atom. The molecular weight excluding hydrogens is 406 g/mol. The Morgan fingerprint density at radius 2 is 1.87 bits per heavy atom. The number of thioether (sulfide) groups is 1. The third-order valence-corrected chi connectivity index (χ3v) is 6.04. The van der Waals surface area contributed by atoms with E-state index in [0.717, 1.165) is 38.5 Å². The van der Waals surface area contributed by atoms with E-state index in [0.29, 0.717) is 6.61 Å². The van der Waals surface area contributed by atoms with Crippen molar-refractivity contribution < 1.29 is 9.53 Å². The summed E-state index contributed by atoms with van der Waals surface area (Å²) in [7, 11) is 0. The van der Waals surface area contributed by atoms with Crippen LogP contribution in [-0.2, 0) is 11.4 Å². The lowest BCUT2D eigenvalue weighted by molar-refractivity contribution is -0.115. The number of fused-ring (bicyclic) bond motifs is 2. The van der Waals surface area contributed by atoms with E-state index in [1.165, 1.54) is 11.8 Å². The maximum atomic E-state index is 12.3. The minimum atomic E-state index is -0.513. The predicted molar refractivity (Wildman–Crippen MR) is 125 cm³/mol. The van der Waals surface area contributed by atoms with Crippen LogP contribution in [0.2, 0.25) is 0 Å². The fraction of sp³-hybridized carbons (Fsp3) is 0.0800. The first kappa shape index (κ1) is 19.3. The van der Waals surface area contributed by atoms with E-state index in [1.54, 1.807) is 6.21 Å². The highest BCUT2D eigenvalue weighted by molar-refractivity contribution is 8.01. The number of nitrogens with one attached hydrogen (secondary N) is 1. The number of amides is 1. The number of carbonyl (C=O) groups is 1. The molecule has 5 rings (SSSR count). The van der Waals surface area contributed by atoms with E-state index >= 15 is 0 Å². The highest BCUT2D eigenvalue weighted by Gasteiger charge is 2.25. The van der Waals surface area contributed by atoms with Crippen LogP contribution in [-0.4, -0.2) is 22.5 Å². The summed E-state index contributed by atoms with van der Waals surface area (Å²) in [5, 5.41) is 3.50. The summed E-state index contributed by atoms with van der Waals surface area (Å²) in [5.74, 6) is 0.611. The van der Waals surface area contributed by atoms with Crippen LogP contribution in [0.4, 0.5) is 5.69 Å². The second kappa shape index (κ2) is 8.62. The van der Waals surface area contributed by atoms with Crippen molar-refractivity contribution in [3.63, 3.8) is 0 Å². The second-order valence-corrected chi connectivity index (χ2v) is 8.21. The van der Waals surface area contributed by atoms with Crippen molar-refractivity contribution in [2.75, 3.05) is 5.32 Å². The summed E-state index contributed by atoms with van der Waals surface area (Å²) in [5.41, 5.74) is 3.53. The Morgan fingerprint density at radius 3 is 2.84 bits per heavy atom. The first-order chi connectivity index (χ1) is 15.2. The summed E-state index contributed by atoms with van der Waals surface area (Å²) in [6.07, 6.45) is 1.71. The fourth-order valence-electron chi connectivity index (χ4n) is 3.32. The van der Waals surface area contributed by atoms with Gasteiger partial charge in [-0.25, -0.2) is 4.98 Å². The lowest BCUT2D eigenvalue weighted by Gasteiger charge is -2.21. The van der Waals surface area contributed by atoms with Gasteiger partial charge in [0.15, 0.2) is 5.37 Å². The number of para-hydroxylation sites is 2. The number of aliphatic imine (C=N–C) groups is 1. The van der Waals surface area contributed by atoms with Crippen molar-refractivity contribution in [1.29, 1.82) is 0 Å². The maximum Gasteiger partial charge on any atom is 0.259 e. The summed E-state index contributed by atoms with van der Waals surface area (Å²) >= 11 is 1.45. The van der Waals surface area contributed by atoms with Crippen LogP contribution < -0.4 is 10.1 Å². The average Bonchev–Trinajstić information content (AvgIpc) is 2.81. The fourth-order valence-corrected chi connectivity index (χ4v) is 4.25. The molecule has 3 aromatic carbocycles. The van der Waals surface area contributed by atoms with Gasteiger partial charge in [-0.1, -0.05) is 60.3 Å². The molecule has 1 aliphatic heterocycles. The molecule has 1 N–H and O–H groups in total. The van der Waals surface area contributed by atoms with Gasteiger partial charge in [-0.15, -0.1) is 0 Å². The molecule has 0 saturated heterocycles. The molecule has 0 spiro atoms. The van der Waals surface area contributed by atoms with E-state index in [2.05, 4.69) is 21.4 Å². The molecule has 1 unspecified atom stereocenters. The maximum absolute atomic E-state index is 12.3. The topological polar surface area (TPSA) is 63.6 Å². The zero-order chi connectivity index (χ0) is 21.0. The number of hydrogen-bond donors (Lipinski definition) is 1. The number of rotatable bonds is 5. The summed E-state index contributed by atoms with van der Waals surface area (Å²) < 4.78 is 5.93. The molecule has 5 nitrogen and oxygen atoms in total. The molecule has 152 valence electrons. The molecule has 6 heteroatoms. The van der Waals surface area contributed by atoms with Crippen LogP contribution >= 0.6 is 11.8 Å². The molecule has 0 fully saturated rings. The van der Waals surface area contributed by atoms with Crippen LogP contribution in [0.1, 0.15) is 11.3 Å². The van der Waals surface area contributed by atoms with Crippen LogP contribution in [0, 0.1) is 0 Å². The molecule has 2 heterocycles. The molecule has 0 bridgehead atoms. The molecule has 0 saturated carbocycles. The number of ether oxygens (including phenoxy) is 1. The molecule has 1 atom stereocenters. The van der Waals surface area contributed by atoms with Gasteiger partial charge in [0.2, 0.25) is 0 Å². The summed E-state index contributed by atoms with van der Waals surface area (Å²) in [6.45, 7) is 0.378. The molecule has 0 radical (unpaired) electrons. The zero-order valence-electron chi connectivity index (χ0n) is 16.6. The van der Waals surface area contributed by atoms with E-state index < -0.39 is 5.37 Å². The summed E-state index contributed by atoms with van der Waals surface area (Å²) in [4.78, 5) is 22.5. The van der Waals surface area contributed by atoms with Crippen molar-refractivity contribution >= 4 is 40.5 Å². The number of anilines is 1. The van der Waals surface area contributed by atoms with Crippen molar-refractivity contribution in [2.45, 2.75) is 16.9 Å². The lowest BCUT2D eigenvalue weighted by Crippen LogP contribution is -2.27. The average molecular weight is 426 g/mol. The number of pyridine rings is 1. The van der Waals surface area contributed by atoms with Gasteiger partial charge in [0.05, 0.1) is 16.9 Å². The number of hydrogen-bond acceptors (Lipinski definition) is 5. The third-order valence-electron chi connectivity index (χ3n) is 4.87. The molecule has 0 aliphatic carbocycles. The van der Waals surface area contributed by atoms with Gasteiger partial charge in [-0.2, -0.15) is 0 Å². The normalized spacial score (nSPS) is 15.6. The Balaban J connectivity index is 1.26. The minimum Gasteiger partial charge on any atom is -0.487 e. The third kappa shape index (κ3) is 4.44. The first-order valence-corrected chi connectivity index (χ1v) is 10.8. The van der Waals surface area contributed by atoms with E-state index in [1.807, 2.05) is 78.9 Å². The Kier molecular flexibility index (Phi) is 5.37. The highest BCUT2D eigenvalue weighted by atomic mass is 32.2. The van der Waals surface area contributed by atoms with Crippen LogP contribution in [0.15, 0.2) is 94.8 Å². The minimum absolute atomic E-state index is 0.116. The van der Waals surface area contributed by atoms with E-state index in [9.17, 15) is 4.79 Å². The SMILES string of the molecule is O=C1Nc2ccccc2SC1N=Cc1cccc(OCc2ccc3ccccc3n2)c1. The first-order valence-electron chi connectivity index (χ1n) is 9.92. The standard InChI is InChI=1S/C25H19N3O2S/c29-24-25(31-23-11-4-3-10-22(23)28-24)26-15-17-6-5-8-20(14-17)30-16-19-13-12-18-7-1-2-9-21(18)27-19/h1-15,25H,16H2,(H,28,29). The van der Waals surface area contributed by atoms with Gasteiger partial charge < -0.3 is 10.1 Å². The van der Waals surface area contributed by atoms with Crippen LogP contribution in [0.25, 0.3) is 10.9 Å². The molecule has 1 aliphatic rings. The van der Waals surface area contributed by atoms with Crippen LogP contribution in [0.5, 0.6) is 5.75 Å². The quantitative estimate of drug-likeness (QED) is 0.441. The number of aromatic nitrogens is 1. The van der Waals surface area contributed by atoms with Gasteiger partial charge >= 0.3 is 0 Å². The monoisotopic (exact) mass is 425 g/mol. The Bertz CT molecular complexity index is 1290. The van der Waals surface area contributed by atoms with E-state index in [4.69, 9.17) is 4.74 Å².